The van der Waals surface area contributed by atoms with Crippen LogP contribution in [0.5, 0.6) is 0 Å². The van der Waals surface area contributed by atoms with Gasteiger partial charge in [-0.25, -0.2) is 0 Å². The Bertz CT molecular complexity index is 1340. The van der Waals surface area contributed by atoms with Crippen LogP contribution in [0.3, 0.4) is 0 Å². The molecule has 1 aromatic heterocycles. The van der Waals surface area contributed by atoms with Gasteiger partial charge in [-0.1, -0.05) is 18.2 Å². The van der Waals surface area contributed by atoms with Crippen LogP contribution in [-0.2, 0) is 15.9 Å². The largest absolute Gasteiger partial charge is 0.612 e. The Balaban J connectivity index is 1.49. The molecule has 1 aliphatic heterocycles. The minimum Gasteiger partial charge on any atom is -0.612 e. The Labute approximate surface area is 203 Å². The molecule has 1 atom stereocenters. The number of benzene rings is 3. The molecular weight excluding hydrogens is 446 g/mol. The van der Waals surface area contributed by atoms with Gasteiger partial charge in [0.25, 0.3) is 6.01 Å². The van der Waals surface area contributed by atoms with Crippen molar-refractivity contribution in [1.29, 1.82) is 0 Å². The van der Waals surface area contributed by atoms with Crippen LogP contribution in [0.1, 0.15) is 16.7 Å². The molecule has 2 heterocycles. The maximum atomic E-state index is 12.1. The number of nitrogens with zero attached hydrogens (tertiary/aromatic N) is 2. The Morgan fingerprint density at radius 2 is 1.76 bits per heavy atom. The SMILES string of the molecule is Cc1ccc(Nc2nc3cccc(-c4ccc([S+](C)[O-])c(C)c4C)c3o2)cc1N1CCOCC1. The average Bonchev–Trinajstić information content (AvgIpc) is 3.25. The topological polar surface area (TPSA) is 73.6 Å². The monoisotopic (exact) mass is 475 g/mol. The predicted molar refractivity (Wildman–Crippen MR) is 139 cm³/mol. The van der Waals surface area contributed by atoms with Crippen molar-refractivity contribution < 1.29 is 13.7 Å². The number of fused-ring (bicyclic) bond motifs is 1. The number of oxazole rings is 1. The summed E-state index contributed by atoms with van der Waals surface area (Å²) in [4.78, 5) is 7.91. The zero-order valence-electron chi connectivity index (χ0n) is 20.0. The molecule has 0 aliphatic carbocycles. The van der Waals surface area contributed by atoms with Gasteiger partial charge in [-0.15, -0.1) is 0 Å². The molecule has 1 unspecified atom stereocenters. The number of anilines is 3. The van der Waals surface area contributed by atoms with Gasteiger partial charge in [0.2, 0.25) is 0 Å². The molecule has 1 N–H and O–H groups in total. The second-order valence-corrected chi connectivity index (χ2v) is 10.1. The van der Waals surface area contributed by atoms with E-state index in [0.29, 0.717) is 6.01 Å². The van der Waals surface area contributed by atoms with Gasteiger partial charge in [0.15, 0.2) is 10.5 Å². The number of aryl methyl sites for hydroxylation is 1. The lowest BCUT2D eigenvalue weighted by Crippen LogP contribution is -2.36. The maximum Gasteiger partial charge on any atom is 0.300 e. The summed E-state index contributed by atoms with van der Waals surface area (Å²) in [5, 5.41) is 3.35. The molecule has 1 fully saturated rings. The fourth-order valence-corrected chi connectivity index (χ4v) is 5.41. The van der Waals surface area contributed by atoms with Crippen LogP contribution in [-0.4, -0.2) is 42.1 Å². The quantitative estimate of drug-likeness (QED) is 0.371. The van der Waals surface area contributed by atoms with Crippen LogP contribution in [0.2, 0.25) is 0 Å². The number of nitrogens with one attached hydrogen (secondary N) is 1. The van der Waals surface area contributed by atoms with Crippen LogP contribution in [0, 0.1) is 20.8 Å². The van der Waals surface area contributed by atoms with Gasteiger partial charge in [-0.3, -0.25) is 0 Å². The highest BCUT2D eigenvalue weighted by Crippen LogP contribution is 2.36. The van der Waals surface area contributed by atoms with Gasteiger partial charge < -0.3 is 23.9 Å². The highest BCUT2D eigenvalue weighted by atomic mass is 32.2. The van der Waals surface area contributed by atoms with Crippen molar-refractivity contribution in [3.63, 3.8) is 0 Å². The zero-order valence-corrected chi connectivity index (χ0v) is 20.8. The van der Waals surface area contributed by atoms with E-state index in [9.17, 15) is 4.55 Å². The zero-order chi connectivity index (χ0) is 23.8. The number of ether oxygens (including phenoxy) is 1. The van der Waals surface area contributed by atoms with Crippen molar-refractivity contribution in [2.45, 2.75) is 25.7 Å². The third kappa shape index (κ3) is 4.27. The molecule has 34 heavy (non-hydrogen) atoms. The van der Waals surface area contributed by atoms with Gasteiger partial charge in [0.05, 0.1) is 13.2 Å². The van der Waals surface area contributed by atoms with Crippen molar-refractivity contribution in [3.8, 4) is 11.1 Å². The van der Waals surface area contributed by atoms with Gasteiger partial charge in [-0.2, -0.15) is 4.98 Å². The van der Waals surface area contributed by atoms with Crippen molar-refractivity contribution in [3.05, 3.63) is 65.2 Å². The molecule has 5 rings (SSSR count). The van der Waals surface area contributed by atoms with Gasteiger partial charge >= 0.3 is 0 Å². The van der Waals surface area contributed by atoms with Crippen LogP contribution >= 0.6 is 0 Å². The number of para-hydroxylation sites is 1. The van der Waals surface area contributed by atoms with E-state index in [-0.39, 0.29) is 0 Å². The third-order valence-corrected chi connectivity index (χ3v) is 7.63. The first-order valence-corrected chi connectivity index (χ1v) is 13.0. The summed E-state index contributed by atoms with van der Waals surface area (Å²) in [5.74, 6) is 0. The molecule has 3 aromatic carbocycles. The van der Waals surface area contributed by atoms with E-state index in [4.69, 9.17) is 14.1 Å². The molecule has 0 saturated carbocycles. The smallest absolute Gasteiger partial charge is 0.300 e. The van der Waals surface area contributed by atoms with Crippen LogP contribution in [0.4, 0.5) is 17.4 Å². The summed E-state index contributed by atoms with van der Waals surface area (Å²) in [5.41, 5.74) is 9.07. The highest BCUT2D eigenvalue weighted by Gasteiger charge is 2.19. The lowest BCUT2D eigenvalue weighted by atomic mass is 9.96. The minimum absolute atomic E-state index is 0.458. The van der Waals surface area contributed by atoms with Crippen molar-refractivity contribution in [2.75, 3.05) is 42.8 Å². The summed E-state index contributed by atoms with van der Waals surface area (Å²) in [7, 11) is 0. The van der Waals surface area contributed by atoms with Crippen LogP contribution < -0.4 is 10.2 Å². The molecule has 176 valence electrons. The number of hydrogen-bond acceptors (Lipinski definition) is 6. The van der Waals surface area contributed by atoms with Crippen molar-refractivity contribution >= 4 is 39.7 Å². The van der Waals surface area contributed by atoms with Crippen molar-refractivity contribution in [1.82, 2.24) is 4.98 Å². The second-order valence-electron chi connectivity index (χ2n) is 8.71. The molecule has 1 saturated heterocycles. The molecule has 1 aliphatic rings. The van der Waals surface area contributed by atoms with E-state index in [1.807, 2.05) is 43.3 Å². The second kappa shape index (κ2) is 9.33. The lowest BCUT2D eigenvalue weighted by molar-refractivity contribution is 0.122. The summed E-state index contributed by atoms with van der Waals surface area (Å²) >= 11 is -1.02. The van der Waals surface area contributed by atoms with Crippen LogP contribution in [0.25, 0.3) is 22.2 Å². The molecule has 6 nitrogen and oxygen atoms in total. The number of rotatable bonds is 5. The standard InChI is InChI=1S/C27H29N3O3S/c1-17-8-9-20(16-24(17)30-12-14-32-15-13-30)28-27-29-23-7-5-6-22(26(23)33-27)21-10-11-25(34(4)31)19(3)18(21)2/h5-11,16H,12-15H2,1-4H3,(H,28,29). The van der Waals surface area contributed by atoms with Gasteiger partial charge in [0.1, 0.15) is 11.8 Å². The molecule has 7 heteroatoms. The average molecular weight is 476 g/mol. The number of morpholine rings is 1. The van der Waals surface area contributed by atoms with E-state index in [0.717, 1.165) is 70.2 Å². The molecule has 4 aromatic rings. The fourth-order valence-electron chi connectivity index (χ4n) is 4.57. The fraction of sp³-hybridized carbons (Fsp3) is 0.296. The molecule has 0 bridgehead atoms. The summed E-state index contributed by atoms with van der Waals surface area (Å²) in [6.07, 6.45) is 1.71. The Hall–Kier alpha value is -3.00. The van der Waals surface area contributed by atoms with Gasteiger partial charge in [0, 0.05) is 35.6 Å². The lowest BCUT2D eigenvalue weighted by Gasteiger charge is -2.30. The van der Waals surface area contributed by atoms with E-state index in [1.54, 1.807) is 6.26 Å². The van der Waals surface area contributed by atoms with E-state index in [2.05, 4.69) is 36.2 Å². The Morgan fingerprint density at radius 3 is 2.53 bits per heavy atom. The number of aromatic nitrogens is 1. The predicted octanol–water partition coefficient (Wildman–Crippen LogP) is 5.74. The van der Waals surface area contributed by atoms with E-state index < -0.39 is 11.2 Å². The maximum absolute atomic E-state index is 12.1. The summed E-state index contributed by atoms with van der Waals surface area (Å²) in [6.45, 7) is 9.49. The molecule has 0 radical (unpaired) electrons. The van der Waals surface area contributed by atoms with Crippen LogP contribution in [0.15, 0.2) is 57.8 Å². The molecule has 0 amide bonds. The highest BCUT2D eigenvalue weighted by molar-refractivity contribution is 7.90. The molecular formula is C27H29N3O3S. The minimum atomic E-state index is -1.02. The number of hydrogen-bond donors (Lipinski definition) is 1. The first-order chi connectivity index (χ1) is 16.4. The van der Waals surface area contributed by atoms with Crippen molar-refractivity contribution in [2.24, 2.45) is 0 Å². The first kappa shape index (κ1) is 22.8. The normalized spacial score (nSPS) is 15.0. The third-order valence-electron chi connectivity index (χ3n) is 6.56. The first-order valence-electron chi connectivity index (χ1n) is 11.5. The molecule has 0 spiro atoms. The Morgan fingerprint density at radius 1 is 0.971 bits per heavy atom. The Kier molecular flexibility index (Phi) is 6.25. The van der Waals surface area contributed by atoms with Gasteiger partial charge in [-0.05, 0) is 79.0 Å². The summed E-state index contributed by atoms with van der Waals surface area (Å²) < 4.78 is 23.8. The van der Waals surface area contributed by atoms with E-state index >= 15 is 0 Å². The summed E-state index contributed by atoms with van der Waals surface area (Å²) in [6, 6.07) is 16.7. The van der Waals surface area contributed by atoms with E-state index in [1.165, 1.54) is 11.3 Å².